The van der Waals surface area contributed by atoms with Crippen LogP contribution in [-0.4, -0.2) is 24.6 Å². The van der Waals surface area contributed by atoms with E-state index < -0.39 is 17.0 Å². The molecule has 29 heavy (non-hydrogen) atoms. The van der Waals surface area contributed by atoms with Crippen molar-refractivity contribution in [3.8, 4) is 0 Å². The van der Waals surface area contributed by atoms with Crippen LogP contribution in [0.2, 0.25) is 5.02 Å². The number of aryl methyl sites for hydroxylation is 2. The van der Waals surface area contributed by atoms with Crippen LogP contribution < -0.4 is 5.56 Å². The van der Waals surface area contributed by atoms with Crippen LogP contribution in [0.3, 0.4) is 0 Å². The molecule has 152 valence electrons. The molecule has 4 heterocycles. The Morgan fingerprint density at radius 3 is 2.72 bits per heavy atom. The Labute approximate surface area is 175 Å². The van der Waals surface area contributed by atoms with E-state index in [9.17, 15) is 18.0 Å². The fourth-order valence-corrected chi connectivity index (χ4v) is 5.01. The highest BCUT2D eigenvalue weighted by atomic mass is 35.5. The van der Waals surface area contributed by atoms with Crippen molar-refractivity contribution >= 4 is 50.6 Å². The van der Waals surface area contributed by atoms with Crippen LogP contribution in [0.1, 0.15) is 34.0 Å². The fraction of sp³-hybridized carbons (Fsp3) is 0.294. The van der Waals surface area contributed by atoms with Crippen molar-refractivity contribution in [1.82, 2.24) is 24.6 Å². The highest BCUT2D eigenvalue weighted by molar-refractivity contribution is 7.99. The highest BCUT2D eigenvalue weighted by Gasteiger charge is 2.32. The predicted molar refractivity (Wildman–Crippen MR) is 107 cm³/mol. The summed E-state index contributed by atoms with van der Waals surface area (Å²) in [5.41, 5.74) is -0.131. The van der Waals surface area contributed by atoms with Gasteiger partial charge in [-0.25, -0.2) is 4.98 Å². The largest absolute Gasteiger partial charge is 0.417 e. The Kier molecular flexibility index (Phi) is 4.87. The van der Waals surface area contributed by atoms with Crippen LogP contribution in [0.25, 0.3) is 15.9 Å². The van der Waals surface area contributed by atoms with E-state index in [-0.39, 0.29) is 21.4 Å². The number of hydrogen-bond donors (Lipinski definition) is 1. The maximum Gasteiger partial charge on any atom is 0.417 e. The molecule has 0 fully saturated rings. The number of thiophene rings is 1. The third-order valence-electron chi connectivity index (χ3n) is 4.48. The molecular formula is C17H13ClF3N5OS2. The average molecular weight is 460 g/mol. The molecule has 0 aliphatic heterocycles. The first kappa shape index (κ1) is 20.2. The Hall–Kier alpha value is -2.11. The van der Waals surface area contributed by atoms with E-state index >= 15 is 0 Å². The molecular weight excluding hydrogens is 447 g/mol. The molecule has 1 atom stereocenters. The van der Waals surface area contributed by atoms with Crippen LogP contribution >= 0.6 is 34.7 Å². The molecule has 0 spiro atoms. The smallest absolute Gasteiger partial charge is 0.309 e. The summed E-state index contributed by atoms with van der Waals surface area (Å²) in [6.07, 6.45) is -3.65. The first-order valence-corrected chi connectivity index (χ1v) is 10.4. The topological polar surface area (TPSA) is 75.9 Å². The van der Waals surface area contributed by atoms with Crippen molar-refractivity contribution in [3.05, 3.63) is 49.5 Å². The van der Waals surface area contributed by atoms with Crippen molar-refractivity contribution < 1.29 is 13.2 Å². The molecule has 0 amide bonds. The van der Waals surface area contributed by atoms with Gasteiger partial charge in [-0.3, -0.25) is 9.20 Å². The second-order valence-electron chi connectivity index (χ2n) is 6.43. The third-order valence-corrected chi connectivity index (χ3v) is 6.93. The van der Waals surface area contributed by atoms with Crippen molar-refractivity contribution in [2.45, 2.75) is 37.4 Å². The molecule has 0 aliphatic carbocycles. The number of alkyl halides is 3. The minimum absolute atomic E-state index is 0.121. The summed E-state index contributed by atoms with van der Waals surface area (Å²) in [6, 6.07) is 0.817. The standard InChI is InChI=1S/C17H13ClF3N5OS2/c1-6-7(2)28-15-11(6)14(27)22-12(23-15)8(3)29-16-25-24-13-10(18)4-9(5-26(13)16)17(19,20)21/h4-5,8H,1-3H3,(H,22,23,27). The summed E-state index contributed by atoms with van der Waals surface area (Å²) < 4.78 is 40.6. The lowest BCUT2D eigenvalue weighted by Gasteiger charge is -2.11. The number of fused-ring (bicyclic) bond motifs is 2. The number of rotatable bonds is 3. The Morgan fingerprint density at radius 2 is 2.03 bits per heavy atom. The van der Waals surface area contributed by atoms with Crippen molar-refractivity contribution in [3.63, 3.8) is 0 Å². The van der Waals surface area contributed by atoms with E-state index in [2.05, 4.69) is 20.2 Å². The minimum atomic E-state index is -4.55. The van der Waals surface area contributed by atoms with Crippen LogP contribution in [0, 0.1) is 13.8 Å². The second kappa shape index (κ2) is 6.99. The molecule has 0 saturated carbocycles. The van der Waals surface area contributed by atoms with Crippen LogP contribution in [0.4, 0.5) is 13.2 Å². The van der Waals surface area contributed by atoms with Gasteiger partial charge in [0.25, 0.3) is 5.56 Å². The zero-order valence-electron chi connectivity index (χ0n) is 15.3. The molecule has 1 N–H and O–H groups in total. The SMILES string of the molecule is Cc1sc2nc(C(C)Sc3nnc4c(Cl)cc(C(F)(F)F)cn34)[nH]c(=O)c2c1C. The summed E-state index contributed by atoms with van der Waals surface area (Å²) in [7, 11) is 0. The molecule has 1 unspecified atom stereocenters. The van der Waals surface area contributed by atoms with Crippen LogP contribution in [0.5, 0.6) is 0 Å². The van der Waals surface area contributed by atoms with E-state index in [1.165, 1.54) is 15.7 Å². The van der Waals surface area contributed by atoms with E-state index in [0.717, 1.165) is 34.5 Å². The number of nitrogens with zero attached hydrogens (tertiary/aromatic N) is 4. The van der Waals surface area contributed by atoms with Gasteiger partial charge in [-0.15, -0.1) is 21.5 Å². The molecule has 4 aromatic heterocycles. The zero-order chi connectivity index (χ0) is 21.1. The lowest BCUT2D eigenvalue weighted by atomic mass is 10.2. The number of pyridine rings is 1. The molecule has 0 bridgehead atoms. The van der Waals surface area contributed by atoms with Crippen molar-refractivity contribution in [1.29, 1.82) is 0 Å². The Bertz CT molecular complexity index is 1310. The van der Waals surface area contributed by atoms with E-state index in [0.29, 0.717) is 16.0 Å². The molecule has 0 saturated heterocycles. The first-order chi connectivity index (χ1) is 13.6. The molecule has 4 aromatic rings. The van der Waals surface area contributed by atoms with Crippen LogP contribution in [0.15, 0.2) is 22.2 Å². The summed E-state index contributed by atoms with van der Waals surface area (Å²) in [5, 5.41) is 8.05. The minimum Gasteiger partial charge on any atom is -0.309 e. The van der Waals surface area contributed by atoms with Gasteiger partial charge in [-0.1, -0.05) is 23.4 Å². The van der Waals surface area contributed by atoms with Gasteiger partial charge in [-0.2, -0.15) is 13.2 Å². The predicted octanol–water partition coefficient (Wildman–Crippen LogP) is 5.17. The number of H-pyrrole nitrogens is 1. The molecule has 6 nitrogen and oxygen atoms in total. The number of thioether (sulfide) groups is 1. The summed E-state index contributed by atoms with van der Waals surface area (Å²) in [6.45, 7) is 5.56. The highest BCUT2D eigenvalue weighted by Crippen LogP contribution is 2.37. The van der Waals surface area contributed by atoms with E-state index in [1.54, 1.807) is 6.92 Å². The van der Waals surface area contributed by atoms with E-state index in [1.807, 2.05) is 13.8 Å². The molecule has 0 radical (unpaired) electrons. The van der Waals surface area contributed by atoms with Gasteiger partial charge < -0.3 is 4.98 Å². The van der Waals surface area contributed by atoms with Gasteiger partial charge in [0.15, 0.2) is 10.8 Å². The maximum atomic E-state index is 13.1. The molecule has 12 heteroatoms. The number of aromatic nitrogens is 5. The molecule has 4 rings (SSSR count). The normalized spacial score (nSPS) is 13.5. The monoisotopic (exact) mass is 459 g/mol. The lowest BCUT2D eigenvalue weighted by Crippen LogP contribution is -2.12. The van der Waals surface area contributed by atoms with Gasteiger partial charge in [-0.05, 0) is 32.4 Å². The summed E-state index contributed by atoms with van der Waals surface area (Å²) in [4.78, 5) is 21.4. The van der Waals surface area contributed by atoms with Gasteiger partial charge in [0.2, 0.25) is 0 Å². The fourth-order valence-electron chi connectivity index (χ4n) is 2.85. The van der Waals surface area contributed by atoms with Gasteiger partial charge in [0, 0.05) is 11.1 Å². The Morgan fingerprint density at radius 1 is 1.31 bits per heavy atom. The zero-order valence-corrected chi connectivity index (χ0v) is 17.6. The second-order valence-corrected chi connectivity index (χ2v) is 9.34. The maximum absolute atomic E-state index is 13.1. The Balaban J connectivity index is 1.74. The molecule has 0 aromatic carbocycles. The van der Waals surface area contributed by atoms with Crippen molar-refractivity contribution in [2.24, 2.45) is 0 Å². The number of hydrogen-bond acceptors (Lipinski definition) is 6. The summed E-state index contributed by atoms with van der Waals surface area (Å²) in [5.74, 6) is 0.406. The van der Waals surface area contributed by atoms with Gasteiger partial charge in [0.1, 0.15) is 10.7 Å². The van der Waals surface area contributed by atoms with E-state index in [4.69, 9.17) is 11.6 Å². The van der Waals surface area contributed by atoms with Crippen molar-refractivity contribution in [2.75, 3.05) is 0 Å². The first-order valence-electron chi connectivity index (χ1n) is 8.34. The number of halogens is 4. The van der Waals surface area contributed by atoms with Gasteiger partial charge in [0.05, 0.1) is 21.2 Å². The van der Waals surface area contributed by atoms with Gasteiger partial charge >= 0.3 is 6.18 Å². The quantitative estimate of drug-likeness (QED) is 0.428. The number of aromatic amines is 1. The summed E-state index contributed by atoms with van der Waals surface area (Å²) >= 11 is 8.50. The average Bonchev–Trinajstić information content (AvgIpc) is 3.16. The molecule has 0 aliphatic rings. The third kappa shape index (κ3) is 3.51. The lowest BCUT2D eigenvalue weighted by molar-refractivity contribution is -0.137. The van der Waals surface area contributed by atoms with Crippen LogP contribution in [-0.2, 0) is 6.18 Å². The number of nitrogens with one attached hydrogen (secondary N) is 1.